The molecule has 2 nitrogen and oxygen atoms in total. The van der Waals surface area contributed by atoms with Crippen LogP contribution >= 0.6 is 0 Å². The van der Waals surface area contributed by atoms with Crippen LogP contribution in [0.2, 0.25) is 0 Å². The van der Waals surface area contributed by atoms with Gasteiger partial charge in [-0.1, -0.05) is 68.5 Å². The number of hydrogen-bond acceptors (Lipinski definition) is 2. The Hall–Kier alpha value is -1.96. The van der Waals surface area contributed by atoms with Gasteiger partial charge in [0.15, 0.2) is 0 Å². The Balaban J connectivity index is 0.000000140. The van der Waals surface area contributed by atoms with Crippen LogP contribution in [-0.4, -0.2) is 6.61 Å². The summed E-state index contributed by atoms with van der Waals surface area (Å²) in [7, 11) is 0. The van der Waals surface area contributed by atoms with Crippen molar-refractivity contribution in [3.63, 3.8) is 0 Å². The molecule has 1 aromatic carbocycles. The average Bonchev–Trinajstić information content (AvgIpc) is 3.38. The van der Waals surface area contributed by atoms with E-state index in [1.165, 1.54) is 32.1 Å². The highest BCUT2D eigenvalue weighted by atomic mass is 16.5. The van der Waals surface area contributed by atoms with Gasteiger partial charge >= 0.3 is 0 Å². The zero-order valence-electron chi connectivity index (χ0n) is 12.7. The summed E-state index contributed by atoms with van der Waals surface area (Å²) in [6.07, 6.45) is 15.6. The minimum atomic E-state index is 0.889. The van der Waals surface area contributed by atoms with Gasteiger partial charge in [-0.2, -0.15) is 0 Å². The number of hydrogen-bond donors (Lipinski definition) is 0. The number of ether oxygens (including phenoxy) is 1. The van der Waals surface area contributed by atoms with Gasteiger partial charge in [0, 0.05) is 6.42 Å². The van der Waals surface area contributed by atoms with Gasteiger partial charge in [0.05, 0.1) is 25.4 Å². The highest BCUT2D eigenvalue weighted by Gasteiger charge is 1.95. The van der Waals surface area contributed by atoms with Crippen molar-refractivity contribution in [1.82, 2.24) is 0 Å². The summed E-state index contributed by atoms with van der Waals surface area (Å²) in [5.41, 5.74) is 0. The van der Waals surface area contributed by atoms with E-state index in [-0.39, 0.29) is 0 Å². The van der Waals surface area contributed by atoms with E-state index in [0.717, 1.165) is 13.0 Å². The van der Waals surface area contributed by atoms with Crippen LogP contribution in [0.4, 0.5) is 0 Å². The molecule has 1 saturated carbocycles. The Morgan fingerprint density at radius 2 is 1.05 bits per heavy atom. The first-order valence-corrected chi connectivity index (χ1v) is 7.74. The molecule has 0 amide bonds. The third-order valence-corrected chi connectivity index (χ3v) is 2.94. The smallest absolute Gasteiger partial charge is 0.0908 e. The number of benzene rings is 1. The monoisotopic (exact) mass is 286 g/mol. The van der Waals surface area contributed by atoms with Gasteiger partial charge in [-0.05, 0) is 18.2 Å². The number of rotatable bonds is 0. The lowest BCUT2D eigenvalue weighted by atomic mass is 10.4. The van der Waals surface area contributed by atoms with Gasteiger partial charge in [-0.25, -0.2) is 0 Å². The second-order valence-electron chi connectivity index (χ2n) is 4.75. The molecule has 2 aromatic rings. The molecule has 1 aromatic heterocycles. The van der Waals surface area contributed by atoms with Crippen molar-refractivity contribution in [2.24, 2.45) is 0 Å². The molecule has 0 bridgehead atoms. The predicted molar refractivity (Wildman–Crippen MR) is 87.9 cm³/mol. The van der Waals surface area contributed by atoms with E-state index in [9.17, 15) is 0 Å². The van der Waals surface area contributed by atoms with Crippen molar-refractivity contribution in [3.05, 3.63) is 73.4 Å². The fourth-order valence-corrected chi connectivity index (χ4v) is 1.84. The highest BCUT2D eigenvalue weighted by Crippen LogP contribution is 2.15. The van der Waals surface area contributed by atoms with E-state index in [2.05, 4.69) is 4.42 Å². The summed E-state index contributed by atoms with van der Waals surface area (Å²) in [4.78, 5) is 0. The van der Waals surface area contributed by atoms with Crippen molar-refractivity contribution < 1.29 is 9.15 Å². The Labute approximate surface area is 128 Å². The first-order chi connectivity index (χ1) is 10.5. The summed E-state index contributed by atoms with van der Waals surface area (Å²) in [5.74, 6) is 0. The molecular formula is C19H26O2. The van der Waals surface area contributed by atoms with Crippen molar-refractivity contribution in [2.75, 3.05) is 6.61 Å². The summed E-state index contributed by atoms with van der Waals surface area (Å²) in [5, 5.41) is 0. The number of furan rings is 1. The topological polar surface area (TPSA) is 22.4 Å². The molecule has 1 aliphatic heterocycles. The second-order valence-corrected chi connectivity index (χ2v) is 4.75. The van der Waals surface area contributed by atoms with Gasteiger partial charge in [0.2, 0.25) is 0 Å². The van der Waals surface area contributed by atoms with Gasteiger partial charge in [0.25, 0.3) is 0 Å². The first-order valence-electron chi connectivity index (χ1n) is 7.74. The maximum absolute atomic E-state index is 4.76. The van der Waals surface area contributed by atoms with Crippen LogP contribution < -0.4 is 0 Å². The van der Waals surface area contributed by atoms with E-state index in [0.29, 0.717) is 0 Å². The van der Waals surface area contributed by atoms with Crippen molar-refractivity contribution in [2.45, 2.75) is 38.5 Å². The molecular weight excluding hydrogens is 260 g/mol. The van der Waals surface area contributed by atoms with Crippen LogP contribution in [0, 0.1) is 0 Å². The van der Waals surface area contributed by atoms with Gasteiger partial charge in [-0.15, -0.1) is 0 Å². The minimum Gasteiger partial charge on any atom is -0.501 e. The van der Waals surface area contributed by atoms with Gasteiger partial charge in [0.1, 0.15) is 0 Å². The Morgan fingerprint density at radius 1 is 0.571 bits per heavy atom. The zero-order chi connectivity index (χ0) is 14.8. The largest absolute Gasteiger partial charge is 0.501 e. The Morgan fingerprint density at radius 3 is 1.24 bits per heavy atom. The normalized spacial score (nSPS) is 14.5. The fourth-order valence-electron chi connectivity index (χ4n) is 1.84. The summed E-state index contributed by atoms with van der Waals surface area (Å²) in [6, 6.07) is 15.7. The SMILES string of the molecule is C1=COCC1.C1CCCC1.c1ccccc1.c1ccoc1. The standard InChI is InChI=1S/C6H6.C5H10.C4H6O.C4H4O/c1-2-4-6-5-3-1;3*1-2-4-5-3-1/h1-6H;1-5H2;1,3H,2,4H2;1-4H. The van der Waals surface area contributed by atoms with Gasteiger partial charge in [-0.3, -0.25) is 0 Å². The molecule has 0 unspecified atom stereocenters. The molecule has 114 valence electrons. The van der Waals surface area contributed by atoms with Crippen LogP contribution in [0.3, 0.4) is 0 Å². The quantitative estimate of drug-likeness (QED) is 0.607. The molecule has 0 spiro atoms. The molecule has 21 heavy (non-hydrogen) atoms. The molecule has 0 atom stereocenters. The van der Waals surface area contributed by atoms with Crippen LogP contribution in [0.1, 0.15) is 38.5 Å². The van der Waals surface area contributed by atoms with E-state index >= 15 is 0 Å². The fraction of sp³-hybridized carbons (Fsp3) is 0.368. The maximum Gasteiger partial charge on any atom is 0.0908 e. The maximum atomic E-state index is 4.76. The second kappa shape index (κ2) is 14.4. The van der Waals surface area contributed by atoms with Crippen molar-refractivity contribution >= 4 is 0 Å². The van der Waals surface area contributed by atoms with E-state index in [1.807, 2.05) is 54.6 Å². The molecule has 2 heterocycles. The summed E-state index contributed by atoms with van der Waals surface area (Å²) in [6.45, 7) is 0.889. The Kier molecular flexibility index (Phi) is 11.8. The molecule has 1 aliphatic carbocycles. The summed E-state index contributed by atoms with van der Waals surface area (Å²) < 4.78 is 9.35. The lowest BCUT2D eigenvalue weighted by molar-refractivity contribution is 0.281. The molecule has 2 heteroatoms. The molecule has 1 fully saturated rings. The minimum absolute atomic E-state index is 0.889. The average molecular weight is 286 g/mol. The molecule has 4 rings (SSSR count). The van der Waals surface area contributed by atoms with E-state index in [4.69, 9.17) is 4.74 Å². The third-order valence-electron chi connectivity index (χ3n) is 2.94. The summed E-state index contributed by atoms with van der Waals surface area (Å²) >= 11 is 0. The van der Waals surface area contributed by atoms with Crippen LogP contribution in [-0.2, 0) is 4.74 Å². The van der Waals surface area contributed by atoms with E-state index < -0.39 is 0 Å². The van der Waals surface area contributed by atoms with E-state index in [1.54, 1.807) is 18.8 Å². The van der Waals surface area contributed by atoms with Crippen molar-refractivity contribution in [3.8, 4) is 0 Å². The third kappa shape index (κ3) is 12.8. The lowest BCUT2D eigenvalue weighted by Crippen LogP contribution is -1.70. The molecule has 0 saturated heterocycles. The predicted octanol–water partition coefficient (Wildman–Crippen LogP) is 5.84. The first kappa shape index (κ1) is 17.1. The van der Waals surface area contributed by atoms with Crippen LogP contribution in [0.5, 0.6) is 0 Å². The van der Waals surface area contributed by atoms with Crippen molar-refractivity contribution in [1.29, 1.82) is 0 Å². The highest BCUT2D eigenvalue weighted by molar-refractivity contribution is 4.99. The molecule has 0 N–H and O–H groups in total. The van der Waals surface area contributed by atoms with Gasteiger partial charge < -0.3 is 9.15 Å². The lowest BCUT2D eigenvalue weighted by Gasteiger charge is -1.79. The Bertz CT molecular complexity index is 345. The van der Waals surface area contributed by atoms with Crippen LogP contribution in [0.25, 0.3) is 0 Å². The molecule has 0 radical (unpaired) electrons. The van der Waals surface area contributed by atoms with Crippen LogP contribution in [0.15, 0.2) is 77.8 Å². The zero-order valence-corrected chi connectivity index (χ0v) is 12.7. The molecule has 2 aliphatic rings.